The summed E-state index contributed by atoms with van der Waals surface area (Å²) in [6.45, 7) is 1.24. The summed E-state index contributed by atoms with van der Waals surface area (Å²) in [6, 6.07) is 10.2. The highest BCUT2D eigenvalue weighted by Crippen LogP contribution is 2.21. The lowest BCUT2D eigenvalue weighted by Crippen LogP contribution is -2.34. The molecule has 0 aliphatic rings. The molecule has 0 fully saturated rings. The molecule has 0 spiro atoms. The van der Waals surface area contributed by atoms with Crippen molar-refractivity contribution in [3.05, 3.63) is 35.9 Å². The van der Waals surface area contributed by atoms with Crippen LogP contribution in [-0.4, -0.2) is 25.3 Å². The molecule has 114 valence electrons. The van der Waals surface area contributed by atoms with Gasteiger partial charge in [-0.2, -0.15) is 13.2 Å². The average molecular weight is 288 g/mol. The molecule has 2 nitrogen and oxygen atoms in total. The third-order valence-electron chi connectivity index (χ3n) is 3.12. The van der Waals surface area contributed by atoms with Crippen molar-refractivity contribution in [2.24, 2.45) is 5.73 Å². The van der Waals surface area contributed by atoms with Crippen LogP contribution in [0.4, 0.5) is 13.2 Å². The van der Waals surface area contributed by atoms with Gasteiger partial charge in [-0.15, -0.1) is 0 Å². The smallest absolute Gasteiger partial charge is 0.327 e. The van der Waals surface area contributed by atoms with Gasteiger partial charge in [0, 0.05) is 19.0 Å². The number of nitrogens with two attached hydrogens (primary N) is 1. The van der Waals surface area contributed by atoms with Crippen LogP contribution in [0.25, 0.3) is 0 Å². The van der Waals surface area contributed by atoms with Crippen molar-refractivity contribution < 1.29 is 13.2 Å². The lowest BCUT2D eigenvalue weighted by Gasteiger charge is -2.13. The van der Waals surface area contributed by atoms with Gasteiger partial charge < -0.3 is 11.1 Å². The van der Waals surface area contributed by atoms with Crippen LogP contribution >= 0.6 is 0 Å². The summed E-state index contributed by atoms with van der Waals surface area (Å²) >= 11 is 0. The van der Waals surface area contributed by atoms with E-state index in [4.69, 9.17) is 5.73 Å². The highest BCUT2D eigenvalue weighted by Gasteiger charge is 2.25. The molecule has 0 radical (unpaired) electrons. The van der Waals surface area contributed by atoms with E-state index in [0.29, 0.717) is 19.5 Å². The second kappa shape index (κ2) is 8.97. The maximum atomic E-state index is 11.9. The SMILES string of the molecule is NC(CCc1ccccc1)CNCCCCC(F)(F)F. The molecule has 1 aromatic rings. The Bertz CT molecular complexity index is 352. The number of aryl methyl sites for hydroxylation is 1. The zero-order valence-electron chi connectivity index (χ0n) is 11.6. The van der Waals surface area contributed by atoms with Crippen LogP contribution < -0.4 is 11.1 Å². The fraction of sp³-hybridized carbons (Fsp3) is 0.600. The van der Waals surface area contributed by atoms with Gasteiger partial charge in [-0.05, 0) is 37.8 Å². The van der Waals surface area contributed by atoms with Gasteiger partial charge in [0.05, 0.1) is 0 Å². The number of halogens is 3. The number of hydrogen-bond acceptors (Lipinski definition) is 2. The van der Waals surface area contributed by atoms with Gasteiger partial charge in [-0.3, -0.25) is 0 Å². The number of nitrogens with one attached hydrogen (secondary N) is 1. The molecule has 1 rings (SSSR count). The molecule has 0 heterocycles. The maximum Gasteiger partial charge on any atom is 0.389 e. The third kappa shape index (κ3) is 8.93. The lowest BCUT2D eigenvalue weighted by molar-refractivity contribution is -0.135. The van der Waals surface area contributed by atoms with E-state index < -0.39 is 12.6 Å². The molecule has 0 bridgehead atoms. The van der Waals surface area contributed by atoms with Gasteiger partial charge in [0.15, 0.2) is 0 Å². The normalized spacial score (nSPS) is 13.4. The van der Waals surface area contributed by atoms with Crippen molar-refractivity contribution in [3.8, 4) is 0 Å². The van der Waals surface area contributed by atoms with E-state index in [1.807, 2.05) is 18.2 Å². The number of benzene rings is 1. The van der Waals surface area contributed by atoms with Gasteiger partial charge >= 0.3 is 6.18 Å². The Morgan fingerprint density at radius 1 is 1.10 bits per heavy atom. The zero-order valence-corrected chi connectivity index (χ0v) is 11.6. The van der Waals surface area contributed by atoms with Crippen molar-refractivity contribution in [2.75, 3.05) is 13.1 Å². The van der Waals surface area contributed by atoms with Crippen molar-refractivity contribution in [1.82, 2.24) is 5.32 Å². The monoisotopic (exact) mass is 288 g/mol. The molecule has 0 saturated carbocycles. The Kier molecular flexibility index (Phi) is 7.62. The van der Waals surface area contributed by atoms with Crippen molar-refractivity contribution in [3.63, 3.8) is 0 Å². The number of alkyl halides is 3. The second-order valence-corrected chi connectivity index (χ2v) is 5.06. The Morgan fingerprint density at radius 3 is 2.45 bits per heavy atom. The molecule has 0 aliphatic heterocycles. The maximum absolute atomic E-state index is 11.9. The lowest BCUT2D eigenvalue weighted by atomic mass is 10.1. The number of hydrogen-bond donors (Lipinski definition) is 2. The molecule has 0 amide bonds. The minimum atomic E-state index is -4.04. The molecular formula is C15H23F3N2. The molecule has 1 aromatic carbocycles. The molecule has 20 heavy (non-hydrogen) atoms. The molecule has 1 atom stereocenters. The summed E-state index contributed by atoms with van der Waals surface area (Å²) in [5.41, 5.74) is 7.22. The van der Waals surface area contributed by atoms with E-state index in [-0.39, 0.29) is 12.5 Å². The Labute approximate surface area is 118 Å². The standard InChI is InChI=1S/C15H23F3N2/c16-15(17,18)10-4-5-11-20-12-14(19)9-8-13-6-2-1-3-7-13/h1-3,6-7,14,20H,4-5,8-12,19H2. The van der Waals surface area contributed by atoms with Crippen LogP contribution in [0.15, 0.2) is 30.3 Å². The summed E-state index contributed by atoms with van der Waals surface area (Å²) in [6.07, 6.45) is -2.22. The van der Waals surface area contributed by atoms with E-state index in [2.05, 4.69) is 17.4 Å². The molecule has 3 N–H and O–H groups in total. The minimum absolute atomic E-state index is 0.0397. The fourth-order valence-electron chi connectivity index (χ4n) is 1.96. The van der Waals surface area contributed by atoms with Crippen molar-refractivity contribution in [1.29, 1.82) is 0 Å². The van der Waals surface area contributed by atoms with Crippen LogP contribution in [0.3, 0.4) is 0 Å². The summed E-state index contributed by atoms with van der Waals surface area (Å²) in [7, 11) is 0. The highest BCUT2D eigenvalue weighted by molar-refractivity contribution is 5.14. The summed E-state index contributed by atoms with van der Waals surface area (Å²) in [5, 5.41) is 3.12. The van der Waals surface area contributed by atoms with Crippen molar-refractivity contribution >= 4 is 0 Å². The third-order valence-corrected chi connectivity index (χ3v) is 3.12. The largest absolute Gasteiger partial charge is 0.389 e. The second-order valence-electron chi connectivity index (χ2n) is 5.06. The average Bonchev–Trinajstić information content (AvgIpc) is 2.40. The van der Waals surface area contributed by atoms with Crippen LogP contribution in [-0.2, 0) is 6.42 Å². The van der Waals surface area contributed by atoms with Crippen LogP contribution in [0, 0.1) is 0 Å². The van der Waals surface area contributed by atoms with Gasteiger partial charge in [0.25, 0.3) is 0 Å². The molecule has 0 saturated heterocycles. The van der Waals surface area contributed by atoms with Gasteiger partial charge in [-0.25, -0.2) is 0 Å². The predicted octanol–water partition coefficient (Wildman–Crippen LogP) is 3.27. The molecule has 5 heteroatoms. The minimum Gasteiger partial charge on any atom is -0.327 e. The quantitative estimate of drug-likeness (QED) is 0.684. The Hall–Kier alpha value is -1.07. The van der Waals surface area contributed by atoms with Gasteiger partial charge in [0.2, 0.25) is 0 Å². The summed E-state index contributed by atoms with van der Waals surface area (Å²) in [5.74, 6) is 0. The number of unbranched alkanes of at least 4 members (excludes halogenated alkanes) is 1. The van der Waals surface area contributed by atoms with E-state index in [1.165, 1.54) is 5.56 Å². The first kappa shape index (κ1) is 17.0. The molecule has 1 unspecified atom stereocenters. The van der Waals surface area contributed by atoms with Crippen LogP contribution in [0.2, 0.25) is 0 Å². The van der Waals surface area contributed by atoms with Crippen LogP contribution in [0.1, 0.15) is 31.2 Å². The Morgan fingerprint density at radius 2 is 1.80 bits per heavy atom. The highest BCUT2D eigenvalue weighted by atomic mass is 19.4. The zero-order chi connectivity index (χ0) is 14.8. The fourth-order valence-corrected chi connectivity index (χ4v) is 1.96. The first-order valence-corrected chi connectivity index (χ1v) is 7.04. The first-order valence-electron chi connectivity index (χ1n) is 7.04. The molecule has 0 aliphatic carbocycles. The van der Waals surface area contributed by atoms with Crippen LogP contribution in [0.5, 0.6) is 0 Å². The van der Waals surface area contributed by atoms with Gasteiger partial charge in [-0.1, -0.05) is 30.3 Å². The van der Waals surface area contributed by atoms with Gasteiger partial charge in [0.1, 0.15) is 0 Å². The van der Waals surface area contributed by atoms with E-state index in [0.717, 1.165) is 12.8 Å². The predicted molar refractivity (Wildman–Crippen MR) is 75.5 cm³/mol. The first-order chi connectivity index (χ1) is 9.47. The van der Waals surface area contributed by atoms with E-state index >= 15 is 0 Å². The summed E-state index contributed by atoms with van der Waals surface area (Å²) in [4.78, 5) is 0. The topological polar surface area (TPSA) is 38.0 Å². The van der Waals surface area contributed by atoms with E-state index in [9.17, 15) is 13.2 Å². The van der Waals surface area contributed by atoms with E-state index in [1.54, 1.807) is 0 Å². The molecule has 0 aromatic heterocycles. The number of rotatable bonds is 9. The summed E-state index contributed by atoms with van der Waals surface area (Å²) < 4.78 is 35.7. The van der Waals surface area contributed by atoms with Crippen molar-refractivity contribution in [2.45, 2.75) is 44.3 Å². The Balaban J connectivity index is 1.99. The molecular weight excluding hydrogens is 265 g/mol.